The molecule has 29 heavy (non-hydrogen) atoms. The highest BCUT2D eigenvalue weighted by molar-refractivity contribution is 5.45. The van der Waals surface area contributed by atoms with Gasteiger partial charge in [0.25, 0.3) is 0 Å². The van der Waals surface area contributed by atoms with Crippen molar-refractivity contribution in [3.8, 4) is 11.5 Å². The van der Waals surface area contributed by atoms with Crippen molar-refractivity contribution in [1.29, 1.82) is 0 Å². The van der Waals surface area contributed by atoms with Gasteiger partial charge in [0.2, 0.25) is 0 Å². The van der Waals surface area contributed by atoms with E-state index < -0.39 is 0 Å². The molecule has 2 aromatic heterocycles. The molecular formula is C19H25N7O3. The topological polar surface area (TPSA) is 98.9 Å². The second kappa shape index (κ2) is 9.01. The normalized spacial score (nSPS) is 15.9. The SMILES string of the molecule is CCOc1ccc(C(CNc2ccc3nnnn3n2)N2CCOCC2)cc1OC. The third-order valence-corrected chi connectivity index (χ3v) is 4.90. The van der Waals surface area contributed by atoms with Crippen LogP contribution in [0.25, 0.3) is 5.65 Å². The molecule has 1 aliphatic heterocycles. The first-order valence-corrected chi connectivity index (χ1v) is 9.70. The Morgan fingerprint density at radius 3 is 2.83 bits per heavy atom. The summed E-state index contributed by atoms with van der Waals surface area (Å²) in [5.74, 6) is 2.19. The number of ether oxygens (including phenoxy) is 3. The molecule has 0 amide bonds. The van der Waals surface area contributed by atoms with Crippen LogP contribution in [0.3, 0.4) is 0 Å². The van der Waals surface area contributed by atoms with E-state index in [0.29, 0.717) is 24.6 Å². The Hall–Kier alpha value is -2.98. The average molecular weight is 399 g/mol. The smallest absolute Gasteiger partial charge is 0.200 e. The summed E-state index contributed by atoms with van der Waals surface area (Å²) < 4.78 is 18.2. The van der Waals surface area contributed by atoms with Crippen molar-refractivity contribution in [2.45, 2.75) is 13.0 Å². The number of rotatable bonds is 8. The molecule has 1 aromatic carbocycles. The van der Waals surface area contributed by atoms with Crippen LogP contribution in [0.1, 0.15) is 18.5 Å². The van der Waals surface area contributed by atoms with Crippen LogP contribution in [0.2, 0.25) is 0 Å². The van der Waals surface area contributed by atoms with Gasteiger partial charge >= 0.3 is 0 Å². The van der Waals surface area contributed by atoms with Gasteiger partial charge in [-0.15, -0.1) is 14.8 Å². The summed E-state index contributed by atoms with van der Waals surface area (Å²) in [6.45, 7) is 6.39. The molecule has 1 atom stereocenters. The van der Waals surface area contributed by atoms with Crippen LogP contribution >= 0.6 is 0 Å². The number of morpholine rings is 1. The fourth-order valence-corrected chi connectivity index (χ4v) is 3.46. The number of nitrogens with zero attached hydrogens (tertiary/aromatic N) is 6. The molecule has 1 saturated heterocycles. The minimum Gasteiger partial charge on any atom is -0.493 e. The van der Waals surface area contributed by atoms with E-state index in [2.05, 4.69) is 36.9 Å². The zero-order valence-electron chi connectivity index (χ0n) is 16.6. The van der Waals surface area contributed by atoms with E-state index >= 15 is 0 Å². The largest absolute Gasteiger partial charge is 0.493 e. The molecule has 154 valence electrons. The number of nitrogens with one attached hydrogen (secondary N) is 1. The Labute approximate surface area is 168 Å². The van der Waals surface area contributed by atoms with Gasteiger partial charge in [-0.1, -0.05) is 6.07 Å². The van der Waals surface area contributed by atoms with Gasteiger partial charge in [0.05, 0.1) is 33.0 Å². The van der Waals surface area contributed by atoms with Crippen molar-refractivity contribution in [3.63, 3.8) is 0 Å². The minimum atomic E-state index is 0.120. The van der Waals surface area contributed by atoms with E-state index in [-0.39, 0.29) is 6.04 Å². The van der Waals surface area contributed by atoms with Gasteiger partial charge in [-0.05, 0) is 47.2 Å². The van der Waals surface area contributed by atoms with Crippen molar-refractivity contribution in [2.24, 2.45) is 0 Å². The second-order valence-electron chi connectivity index (χ2n) is 6.63. The van der Waals surface area contributed by atoms with E-state index in [1.807, 2.05) is 31.2 Å². The summed E-state index contributed by atoms with van der Waals surface area (Å²) in [5, 5.41) is 19.2. The van der Waals surface area contributed by atoms with Crippen molar-refractivity contribution >= 4 is 11.5 Å². The van der Waals surface area contributed by atoms with Gasteiger partial charge in [-0.25, -0.2) is 0 Å². The Morgan fingerprint density at radius 1 is 1.17 bits per heavy atom. The standard InChI is InChI=1S/C19H25N7O3/c1-3-29-16-5-4-14(12-17(16)27-2)15(25-8-10-28-11-9-25)13-20-18-6-7-19-21-23-24-26(19)22-18/h4-7,12,15H,3,8-11,13H2,1-2H3,(H,20,22). The van der Waals surface area contributed by atoms with Gasteiger partial charge in [0, 0.05) is 19.6 Å². The molecule has 0 bridgehead atoms. The van der Waals surface area contributed by atoms with Gasteiger partial charge in [0.1, 0.15) is 5.82 Å². The van der Waals surface area contributed by atoms with Crippen molar-refractivity contribution in [3.05, 3.63) is 35.9 Å². The minimum absolute atomic E-state index is 0.120. The predicted molar refractivity (Wildman–Crippen MR) is 106 cm³/mol. The first kappa shape index (κ1) is 19.3. The number of anilines is 1. The maximum absolute atomic E-state index is 5.66. The number of methoxy groups -OCH3 is 1. The third kappa shape index (κ3) is 4.38. The monoisotopic (exact) mass is 399 g/mol. The molecule has 0 saturated carbocycles. The number of fused-ring (bicyclic) bond motifs is 1. The third-order valence-electron chi connectivity index (χ3n) is 4.90. The highest BCUT2D eigenvalue weighted by atomic mass is 16.5. The number of aromatic nitrogens is 5. The number of hydrogen-bond donors (Lipinski definition) is 1. The van der Waals surface area contributed by atoms with Crippen molar-refractivity contribution in [2.75, 3.05) is 51.9 Å². The molecule has 4 rings (SSSR count). The quantitative estimate of drug-likeness (QED) is 0.603. The second-order valence-corrected chi connectivity index (χ2v) is 6.63. The van der Waals surface area contributed by atoms with Gasteiger partial charge in [-0.2, -0.15) is 0 Å². The zero-order chi connectivity index (χ0) is 20.1. The number of hydrogen-bond acceptors (Lipinski definition) is 9. The van der Waals surface area contributed by atoms with E-state index in [4.69, 9.17) is 14.2 Å². The number of tetrazole rings is 1. The Balaban J connectivity index is 1.57. The van der Waals surface area contributed by atoms with E-state index in [1.54, 1.807) is 7.11 Å². The van der Waals surface area contributed by atoms with E-state index in [1.165, 1.54) is 4.63 Å². The van der Waals surface area contributed by atoms with Crippen LogP contribution in [0.5, 0.6) is 11.5 Å². The van der Waals surface area contributed by atoms with Crippen LogP contribution in [0, 0.1) is 0 Å². The Morgan fingerprint density at radius 2 is 2.03 bits per heavy atom. The lowest BCUT2D eigenvalue weighted by atomic mass is 10.0. The van der Waals surface area contributed by atoms with Crippen LogP contribution < -0.4 is 14.8 Å². The summed E-state index contributed by atoms with van der Waals surface area (Å²) in [4.78, 5) is 2.40. The first-order chi connectivity index (χ1) is 14.3. The van der Waals surface area contributed by atoms with Crippen LogP contribution in [0.4, 0.5) is 5.82 Å². The Bertz CT molecular complexity index is 942. The Kier molecular flexibility index (Phi) is 6.01. The summed E-state index contributed by atoms with van der Waals surface area (Å²) >= 11 is 0. The molecule has 10 heteroatoms. The van der Waals surface area contributed by atoms with Gasteiger partial charge < -0.3 is 19.5 Å². The lowest BCUT2D eigenvalue weighted by Crippen LogP contribution is -2.41. The highest BCUT2D eigenvalue weighted by Gasteiger charge is 2.24. The average Bonchev–Trinajstić information content (AvgIpc) is 3.23. The van der Waals surface area contributed by atoms with Gasteiger partial charge in [-0.3, -0.25) is 4.90 Å². The van der Waals surface area contributed by atoms with Crippen LogP contribution in [-0.4, -0.2) is 76.7 Å². The summed E-state index contributed by atoms with van der Waals surface area (Å²) in [5.41, 5.74) is 1.75. The zero-order valence-corrected chi connectivity index (χ0v) is 16.6. The number of benzene rings is 1. The van der Waals surface area contributed by atoms with Crippen molar-refractivity contribution in [1.82, 2.24) is 30.2 Å². The van der Waals surface area contributed by atoms with E-state index in [0.717, 1.165) is 43.4 Å². The highest BCUT2D eigenvalue weighted by Crippen LogP contribution is 2.32. The molecule has 0 spiro atoms. The fourth-order valence-electron chi connectivity index (χ4n) is 3.46. The molecule has 0 aliphatic carbocycles. The fraction of sp³-hybridized carbons (Fsp3) is 0.474. The molecule has 1 fully saturated rings. The molecule has 1 N–H and O–H groups in total. The first-order valence-electron chi connectivity index (χ1n) is 9.70. The molecule has 1 aliphatic rings. The molecule has 10 nitrogen and oxygen atoms in total. The molecular weight excluding hydrogens is 374 g/mol. The van der Waals surface area contributed by atoms with Crippen LogP contribution in [-0.2, 0) is 4.74 Å². The maximum atomic E-state index is 5.66. The summed E-state index contributed by atoms with van der Waals surface area (Å²) in [7, 11) is 1.66. The molecule has 3 heterocycles. The lowest BCUT2D eigenvalue weighted by Gasteiger charge is -2.35. The molecule has 0 radical (unpaired) electrons. The summed E-state index contributed by atoms with van der Waals surface area (Å²) in [6, 6.07) is 9.93. The van der Waals surface area contributed by atoms with Crippen molar-refractivity contribution < 1.29 is 14.2 Å². The van der Waals surface area contributed by atoms with Gasteiger partial charge in [0.15, 0.2) is 17.1 Å². The maximum Gasteiger partial charge on any atom is 0.200 e. The van der Waals surface area contributed by atoms with E-state index in [9.17, 15) is 0 Å². The molecule has 3 aromatic rings. The molecule has 1 unspecified atom stereocenters. The summed E-state index contributed by atoms with van der Waals surface area (Å²) in [6.07, 6.45) is 0. The predicted octanol–water partition coefficient (Wildman–Crippen LogP) is 1.41. The van der Waals surface area contributed by atoms with Crippen LogP contribution in [0.15, 0.2) is 30.3 Å². The lowest BCUT2D eigenvalue weighted by molar-refractivity contribution is 0.0186.